The summed E-state index contributed by atoms with van der Waals surface area (Å²) in [6.07, 6.45) is 1.26. The molecule has 0 aliphatic carbocycles. The average molecular weight is 343 g/mol. The van der Waals surface area contributed by atoms with Gasteiger partial charge in [0.1, 0.15) is 5.75 Å². The SMILES string of the molecule is CCOc1ccccc1C(CC)NC(=O)CC1COCCN1.Cl. The number of para-hydroxylation sites is 1. The van der Waals surface area contributed by atoms with Crippen LogP contribution < -0.4 is 15.4 Å². The number of rotatable bonds is 7. The molecule has 23 heavy (non-hydrogen) atoms. The average Bonchev–Trinajstić information content (AvgIpc) is 2.54. The maximum atomic E-state index is 12.3. The molecule has 2 rings (SSSR count). The molecule has 130 valence electrons. The Hall–Kier alpha value is -1.30. The van der Waals surface area contributed by atoms with Crippen LogP contribution in [0.1, 0.15) is 38.3 Å². The standard InChI is InChI=1S/C17H26N2O3.ClH/c1-3-15(14-7-5-6-8-16(14)22-4-2)19-17(20)11-13-12-21-10-9-18-13;/h5-8,13,15,18H,3-4,9-12H2,1-2H3,(H,19,20);1H. The predicted octanol–water partition coefficient (Wildman–Crippen LogP) is 2.45. The molecule has 0 radical (unpaired) electrons. The third-order valence-corrected chi connectivity index (χ3v) is 3.77. The summed E-state index contributed by atoms with van der Waals surface area (Å²) in [6.45, 7) is 6.77. The molecule has 1 saturated heterocycles. The molecule has 2 atom stereocenters. The summed E-state index contributed by atoms with van der Waals surface area (Å²) in [5.74, 6) is 0.887. The van der Waals surface area contributed by atoms with Crippen molar-refractivity contribution in [2.75, 3.05) is 26.4 Å². The van der Waals surface area contributed by atoms with Crippen LogP contribution in [-0.2, 0) is 9.53 Å². The highest BCUT2D eigenvalue weighted by Crippen LogP contribution is 2.27. The third-order valence-electron chi connectivity index (χ3n) is 3.77. The zero-order valence-electron chi connectivity index (χ0n) is 13.8. The molecule has 2 N–H and O–H groups in total. The molecule has 1 aliphatic heterocycles. The molecule has 1 aliphatic rings. The lowest BCUT2D eigenvalue weighted by Gasteiger charge is -2.25. The van der Waals surface area contributed by atoms with E-state index in [9.17, 15) is 4.79 Å². The van der Waals surface area contributed by atoms with Crippen molar-refractivity contribution >= 4 is 18.3 Å². The number of ether oxygens (including phenoxy) is 2. The van der Waals surface area contributed by atoms with Crippen LogP contribution >= 0.6 is 12.4 Å². The van der Waals surface area contributed by atoms with Gasteiger partial charge in [-0.25, -0.2) is 0 Å². The molecule has 2 unspecified atom stereocenters. The zero-order valence-corrected chi connectivity index (χ0v) is 14.7. The fourth-order valence-electron chi connectivity index (χ4n) is 2.68. The van der Waals surface area contributed by atoms with Crippen molar-refractivity contribution in [2.24, 2.45) is 0 Å². The maximum absolute atomic E-state index is 12.3. The first-order chi connectivity index (χ1) is 10.7. The van der Waals surface area contributed by atoms with E-state index in [1.807, 2.05) is 31.2 Å². The Morgan fingerprint density at radius 1 is 1.43 bits per heavy atom. The summed E-state index contributed by atoms with van der Waals surface area (Å²) in [5.41, 5.74) is 1.04. The van der Waals surface area contributed by atoms with Crippen molar-refractivity contribution < 1.29 is 14.3 Å². The number of carbonyl (C=O) groups excluding carboxylic acids is 1. The van der Waals surface area contributed by atoms with E-state index in [2.05, 4.69) is 17.6 Å². The Morgan fingerprint density at radius 2 is 2.22 bits per heavy atom. The van der Waals surface area contributed by atoms with Crippen LogP contribution in [-0.4, -0.2) is 38.3 Å². The summed E-state index contributed by atoms with van der Waals surface area (Å²) >= 11 is 0. The summed E-state index contributed by atoms with van der Waals surface area (Å²) in [7, 11) is 0. The van der Waals surface area contributed by atoms with Gasteiger partial charge in [-0.3, -0.25) is 4.79 Å². The van der Waals surface area contributed by atoms with Gasteiger partial charge in [0.05, 0.1) is 25.9 Å². The van der Waals surface area contributed by atoms with E-state index in [-0.39, 0.29) is 30.4 Å². The van der Waals surface area contributed by atoms with Gasteiger partial charge in [-0.2, -0.15) is 0 Å². The van der Waals surface area contributed by atoms with Crippen molar-refractivity contribution in [2.45, 2.75) is 38.8 Å². The molecule has 0 spiro atoms. The van der Waals surface area contributed by atoms with E-state index >= 15 is 0 Å². The first-order valence-corrected chi connectivity index (χ1v) is 8.06. The number of carbonyl (C=O) groups is 1. The van der Waals surface area contributed by atoms with Crippen molar-refractivity contribution in [3.63, 3.8) is 0 Å². The van der Waals surface area contributed by atoms with Crippen molar-refractivity contribution in [3.8, 4) is 5.75 Å². The van der Waals surface area contributed by atoms with Gasteiger partial charge in [0, 0.05) is 24.6 Å². The van der Waals surface area contributed by atoms with E-state index in [4.69, 9.17) is 9.47 Å². The Bertz CT molecular complexity index is 479. The van der Waals surface area contributed by atoms with Crippen LogP contribution in [0.25, 0.3) is 0 Å². The number of nitrogens with one attached hydrogen (secondary N) is 2. The van der Waals surface area contributed by atoms with Gasteiger partial charge < -0.3 is 20.1 Å². The number of amides is 1. The highest BCUT2D eigenvalue weighted by atomic mass is 35.5. The summed E-state index contributed by atoms with van der Waals surface area (Å²) in [4.78, 5) is 12.3. The Balaban J connectivity index is 0.00000264. The number of hydrogen-bond donors (Lipinski definition) is 2. The van der Waals surface area contributed by atoms with Gasteiger partial charge in [0.2, 0.25) is 5.91 Å². The predicted molar refractivity (Wildman–Crippen MR) is 93.3 cm³/mol. The van der Waals surface area contributed by atoms with Crippen molar-refractivity contribution in [1.82, 2.24) is 10.6 Å². The van der Waals surface area contributed by atoms with Gasteiger partial charge in [-0.1, -0.05) is 25.1 Å². The first kappa shape index (κ1) is 19.7. The minimum Gasteiger partial charge on any atom is -0.494 e. The fourth-order valence-corrected chi connectivity index (χ4v) is 2.68. The van der Waals surface area contributed by atoms with Gasteiger partial charge in [0.15, 0.2) is 0 Å². The monoisotopic (exact) mass is 342 g/mol. The molecular weight excluding hydrogens is 316 g/mol. The van der Waals surface area contributed by atoms with E-state index in [0.717, 1.165) is 30.9 Å². The Morgan fingerprint density at radius 3 is 2.87 bits per heavy atom. The molecular formula is C17H27ClN2O3. The molecule has 1 amide bonds. The van der Waals surface area contributed by atoms with Crippen LogP contribution in [0.5, 0.6) is 5.75 Å². The lowest BCUT2D eigenvalue weighted by atomic mass is 10.0. The van der Waals surface area contributed by atoms with E-state index < -0.39 is 0 Å². The lowest BCUT2D eigenvalue weighted by Crippen LogP contribution is -2.44. The summed E-state index contributed by atoms with van der Waals surface area (Å²) in [5, 5.41) is 6.42. The first-order valence-electron chi connectivity index (χ1n) is 8.06. The van der Waals surface area contributed by atoms with Crippen molar-refractivity contribution in [1.29, 1.82) is 0 Å². The number of halogens is 1. The van der Waals surface area contributed by atoms with E-state index in [1.54, 1.807) is 0 Å². The molecule has 6 heteroatoms. The Labute approximate surface area is 144 Å². The molecule has 1 aromatic rings. The van der Waals surface area contributed by atoms with E-state index in [0.29, 0.717) is 19.6 Å². The second kappa shape index (κ2) is 10.5. The van der Waals surface area contributed by atoms with E-state index in [1.165, 1.54) is 0 Å². The second-order valence-corrected chi connectivity index (χ2v) is 5.43. The largest absolute Gasteiger partial charge is 0.494 e. The molecule has 0 aromatic heterocycles. The molecule has 1 aromatic carbocycles. The maximum Gasteiger partial charge on any atom is 0.222 e. The zero-order chi connectivity index (χ0) is 15.8. The quantitative estimate of drug-likeness (QED) is 0.799. The van der Waals surface area contributed by atoms with Gasteiger partial charge in [-0.15, -0.1) is 12.4 Å². The smallest absolute Gasteiger partial charge is 0.222 e. The van der Waals surface area contributed by atoms with Crippen LogP contribution in [0.2, 0.25) is 0 Å². The highest BCUT2D eigenvalue weighted by molar-refractivity contribution is 5.85. The normalized spacial score (nSPS) is 18.6. The topological polar surface area (TPSA) is 59.6 Å². The second-order valence-electron chi connectivity index (χ2n) is 5.43. The van der Waals surface area contributed by atoms with Gasteiger partial charge >= 0.3 is 0 Å². The third kappa shape index (κ3) is 6.01. The summed E-state index contributed by atoms with van der Waals surface area (Å²) in [6, 6.07) is 7.97. The lowest BCUT2D eigenvalue weighted by molar-refractivity contribution is -0.123. The molecule has 1 heterocycles. The molecule has 0 saturated carbocycles. The summed E-state index contributed by atoms with van der Waals surface area (Å²) < 4.78 is 11.1. The van der Waals surface area contributed by atoms with Gasteiger partial charge in [0.25, 0.3) is 0 Å². The van der Waals surface area contributed by atoms with Crippen molar-refractivity contribution in [3.05, 3.63) is 29.8 Å². The molecule has 0 bridgehead atoms. The van der Waals surface area contributed by atoms with Crippen LogP contribution in [0, 0.1) is 0 Å². The minimum atomic E-state index is -0.0280. The van der Waals surface area contributed by atoms with Crippen LogP contribution in [0.3, 0.4) is 0 Å². The number of morpholine rings is 1. The van der Waals surface area contributed by atoms with Crippen LogP contribution in [0.15, 0.2) is 24.3 Å². The fraction of sp³-hybridized carbons (Fsp3) is 0.588. The number of benzene rings is 1. The highest BCUT2D eigenvalue weighted by Gasteiger charge is 2.20. The van der Waals surface area contributed by atoms with Crippen LogP contribution in [0.4, 0.5) is 0 Å². The molecule has 5 nitrogen and oxygen atoms in total. The molecule has 1 fully saturated rings. The van der Waals surface area contributed by atoms with Gasteiger partial charge in [-0.05, 0) is 19.4 Å². The Kier molecular flexibility index (Phi) is 8.99. The number of hydrogen-bond acceptors (Lipinski definition) is 4. The minimum absolute atomic E-state index is 0.